The van der Waals surface area contributed by atoms with E-state index in [1.54, 1.807) is 38.3 Å². The van der Waals surface area contributed by atoms with Gasteiger partial charge in [-0.1, -0.05) is 93.4 Å². The van der Waals surface area contributed by atoms with Gasteiger partial charge in [0.1, 0.15) is 64.1 Å². The number of imidazole rings is 5. The number of alkyl carbamates (subject to hydrolysis) is 3. The molecule has 5 aromatic heterocycles. The molecular weight excluding hydrogens is 1760 g/mol. The number of carboxylic acids is 1. The van der Waals surface area contributed by atoms with Gasteiger partial charge >= 0.3 is 42.5 Å². The Morgan fingerprint density at radius 3 is 0.797 bits per heavy atom. The molecule has 10 aromatic rings. The van der Waals surface area contributed by atoms with Crippen LogP contribution in [0, 0.1) is 77.5 Å². The highest BCUT2D eigenvalue weighted by Gasteiger charge is 2.42. The maximum Gasteiger partial charge on any atom is 0.410 e. The Bertz CT molecular complexity index is 6080. The molecular formula is C104H132N18O16. The van der Waals surface area contributed by atoms with Crippen LogP contribution in [0.15, 0.2) is 91.0 Å². The van der Waals surface area contributed by atoms with E-state index in [4.69, 9.17) is 55.2 Å². The molecule has 9 N–H and O–H groups in total. The number of hydrogen-bond donors (Lipinski definition) is 9. The summed E-state index contributed by atoms with van der Waals surface area (Å²) in [5.74, 6) is 28.8. The van der Waals surface area contributed by atoms with Gasteiger partial charge in [0.25, 0.3) is 0 Å². The number of carboxylic acid groups (broad SMARTS) is 1. The summed E-state index contributed by atoms with van der Waals surface area (Å²) in [7, 11) is 3.75. The van der Waals surface area contributed by atoms with Crippen molar-refractivity contribution in [2.75, 3.05) is 54.1 Å². The first-order valence-electron chi connectivity index (χ1n) is 45.5. The van der Waals surface area contributed by atoms with Crippen LogP contribution < -0.4 is 16.0 Å². The third-order valence-electron chi connectivity index (χ3n) is 23.1. The molecule has 5 aromatic carbocycles. The standard InChI is InChI=1S/C40H46N8O6.C36H40N6O4.C18H21N3O2.C7H13NO4.3CH4/c1-23(2)33(45-39(51)53-5)37(49)47-19-9-13-31(47)35-41-27-17-15-25(21-29(27)43-35)11-7-8-12-26-16-18-28-30(22-26)44-36(42-28)32-14-10-20-48(32)38(50)34(24(3)4)46-40(52)54-6;1-35(2,3)45-33(43)41-19-9-13-29(41)31-37-25-17-15-23(21-27(25)39-31)11-7-8-12-24-16-18-26-28(22-24)40-32(38-26)30-14-10-20-42(30)34(44)46-36(4,5)6;1-5-12-8-9-13-14(11-12)20-16(19-13)15-7-6-10-21(15)17(22)23-18(2,3)4;1-4(2)5(6(9)10)8-7(11)12-3;;;/h15-18,21-24,31-34H,9-10,13-14,19-20H2,1-6H3,(H,41,43)(H,42,44)(H,45,51)(H,46,52);15-18,21-22,29-30H,9-10,13-14,19-20H2,1-6H3,(H,37,39)(H,38,40);1,8-9,11,15H,6-7,10H2,2-4H3,(H,19,20);4-5H,1-3H3,(H,8,11)(H,9,10);3*1H4/t31-,32-,33-,34-;29-,30-;15-;5-;;;/m0000.../s1. The van der Waals surface area contributed by atoms with Crippen LogP contribution in [0.2, 0.25) is 0 Å². The Hall–Kier alpha value is -14.7. The Kier molecular flexibility index (Phi) is 36.2. The quantitative estimate of drug-likeness (QED) is 0.0361. The van der Waals surface area contributed by atoms with Crippen LogP contribution in [0.5, 0.6) is 0 Å². The van der Waals surface area contributed by atoms with E-state index in [0.29, 0.717) is 44.4 Å². The number of nitrogens with one attached hydrogen (secondary N) is 8. The molecule has 0 aliphatic carbocycles. The third kappa shape index (κ3) is 27.4. The van der Waals surface area contributed by atoms with Crippen molar-refractivity contribution >= 4 is 110 Å². The zero-order valence-corrected chi connectivity index (χ0v) is 79.7. The van der Waals surface area contributed by atoms with Gasteiger partial charge in [-0.3, -0.25) is 24.3 Å². The summed E-state index contributed by atoms with van der Waals surface area (Å²) in [5, 5.41) is 16.2. The number of likely N-dealkylation sites (tertiary alicyclic amines) is 5. The van der Waals surface area contributed by atoms with Crippen molar-refractivity contribution in [2.24, 2.45) is 17.8 Å². The zero-order valence-electron chi connectivity index (χ0n) is 79.7. The van der Waals surface area contributed by atoms with Crippen LogP contribution in [0.4, 0.5) is 28.8 Å². The second kappa shape index (κ2) is 46.7. The largest absolute Gasteiger partial charge is 0.480 e. The van der Waals surface area contributed by atoms with Gasteiger partial charge in [0.15, 0.2) is 0 Å². The van der Waals surface area contributed by atoms with Crippen molar-refractivity contribution in [1.29, 1.82) is 0 Å². The minimum atomic E-state index is -1.06. The summed E-state index contributed by atoms with van der Waals surface area (Å²) in [5.41, 5.74) is 10.6. The van der Waals surface area contributed by atoms with Crippen LogP contribution in [0.3, 0.4) is 0 Å². The number of amides is 8. The molecule has 138 heavy (non-hydrogen) atoms. The van der Waals surface area contributed by atoms with E-state index in [1.807, 2.05) is 181 Å². The zero-order chi connectivity index (χ0) is 97.5. The Morgan fingerprint density at radius 2 is 0.580 bits per heavy atom. The number of ether oxygens (including phenoxy) is 6. The Morgan fingerprint density at radius 1 is 0.362 bits per heavy atom. The molecule has 0 spiro atoms. The number of methoxy groups -OCH3 is 3. The molecule has 0 radical (unpaired) electrons. The summed E-state index contributed by atoms with van der Waals surface area (Å²) in [4.78, 5) is 159. The topological polar surface area (TPSA) is 425 Å². The van der Waals surface area contributed by atoms with Crippen molar-refractivity contribution in [2.45, 2.75) is 255 Å². The van der Waals surface area contributed by atoms with Gasteiger partial charge in [0, 0.05) is 60.5 Å². The van der Waals surface area contributed by atoms with Crippen molar-refractivity contribution in [3.63, 3.8) is 0 Å². The number of aliphatic carboxylic acids is 1. The molecule has 0 saturated carbocycles. The van der Waals surface area contributed by atoms with Gasteiger partial charge < -0.3 is 84.2 Å². The fourth-order valence-electron chi connectivity index (χ4n) is 16.6. The van der Waals surface area contributed by atoms with Gasteiger partial charge in [-0.15, -0.1) is 6.42 Å². The highest BCUT2D eigenvalue weighted by Crippen LogP contribution is 2.39. The number of carbonyl (C=O) groups is 9. The van der Waals surface area contributed by atoms with Crippen molar-refractivity contribution in [3.05, 3.63) is 148 Å². The van der Waals surface area contributed by atoms with Crippen molar-refractivity contribution in [3.8, 4) is 59.7 Å². The first-order chi connectivity index (χ1) is 64.1. The number of nitrogens with zero attached hydrogens (tertiary/aromatic N) is 10. The summed E-state index contributed by atoms with van der Waals surface area (Å²) in [6, 6.07) is 25.5. The van der Waals surface area contributed by atoms with Crippen LogP contribution in [-0.4, -0.2) is 223 Å². The maximum absolute atomic E-state index is 13.5. The monoisotopic (exact) mass is 1890 g/mol. The lowest BCUT2D eigenvalue weighted by molar-refractivity contribution is -0.140. The van der Waals surface area contributed by atoms with Gasteiger partial charge in [0.2, 0.25) is 11.8 Å². The molecule has 5 aliphatic rings. The van der Waals surface area contributed by atoms with Crippen molar-refractivity contribution in [1.82, 2.24) is 90.3 Å². The summed E-state index contributed by atoms with van der Waals surface area (Å²) < 4.78 is 30.5. The Labute approximate surface area is 807 Å². The molecule has 5 saturated heterocycles. The second-order valence-electron chi connectivity index (χ2n) is 37.7. The average Bonchev–Trinajstić information content (AvgIpc) is 1.64. The predicted octanol–water partition coefficient (Wildman–Crippen LogP) is 17.9. The highest BCUT2D eigenvalue weighted by molar-refractivity contribution is 5.89. The van der Waals surface area contributed by atoms with Gasteiger partial charge in [0.05, 0.1) is 107 Å². The van der Waals surface area contributed by atoms with E-state index in [9.17, 15) is 43.2 Å². The molecule has 15 rings (SSSR count). The number of terminal acetylenes is 1. The smallest absolute Gasteiger partial charge is 0.410 e. The molecule has 34 nitrogen and oxygen atoms in total. The molecule has 10 heterocycles. The number of rotatable bonds is 14. The molecule has 8 atom stereocenters. The van der Waals surface area contributed by atoms with Crippen LogP contribution in [0.1, 0.15) is 277 Å². The van der Waals surface area contributed by atoms with Crippen molar-refractivity contribution < 1.29 is 76.7 Å². The van der Waals surface area contributed by atoms with E-state index in [-0.39, 0.29) is 100 Å². The number of aromatic nitrogens is 10. The number of benzene rings is 5. The molecule has 0 bridgehead atoms. The predicted molar refractivity (Wildman–Crippen MR) is 528 cm³/mol. The number of hydrogen-bond acceptors (Lipinski definition) is 20. The van der Waals surface area contributed by atoms with E-state index in [1.165, 1.54) is 21.3 Å². The summed E-state index contributed by atoms with van der Waals surface area (Å²) in [6.45, 7) is 31.0. The number of fused-ring (bicyclic) bond motifs is 5. The van der Waals surface area contributed by atoms with Gasteiger partial charge in [-0.05, 0) is 259 Å². The molecule has 5 aliphatic heterocycles. The maximum atomic E-state index is 13.5. The van der Waals surface area contributed by atoms with E-state index >= 15 is 0 Å². The van der Waals surface area contributed by atoms with E-state index < -0.39 is 59.2 Å². The number of carbonyl (C=O) groups excluding carboxylic acids is 8. The highest BCUT2D eigenvalue weighted by atomic mass is 16.6. The van der Waals surface area contributed by atoms with E-state index in [2.05, 4.69) is 104 Å². The Balaban J connectivity index is 0.000000228. The first kappa shape index (κ1) is 107. The number of H-pyrrole nitrogens is 5. The van der Waals surface area contributed by atoms with Crippen LogP contribution >= 0.6 is 0 Å². The molecule has 734 valence electrons. The second-order valence-corrected chi connectivity index (χ2v) is 37.7. The SMILES string of the molecule is C.C.C.C#Cc1ccc2nc([C@@H]3CCCN3C(=O)OC(C)(C)C)[nH]c2c1.CC(C)(C)OC(=O)N1CCC[C@H]1c1nc2ccc(C#CC#Cc3ccc4nc([C@@H]5CCCN5C(=O)OC(C)(C)C)[nH]c4c3)cc2[nH]1.COC(=O)N[C@H](C(=O)N1CCC[C@H]1c1nc2ccc(C#CC#Cc3ccc4nc([C@@H]5CCCN5C(=O)[C@@H](NC(=O)OC)C(C)C)[nH]c4c3)cc2[nH]1)C(C)C.COC(=O)N[C@H](C(=O)O)C(C)C. The molecule has 0 unspecified atom stereocenters. The normalized spacial score (nSPS) is 17.2. The van der Waals surface area contributed by atoms with Crippen LogP contribution in [0.25, 0.3) is 55.2 Å². The van der Waals surface area contributed by atoms with Gasteiger partial charge in [-0.25, -0.2) is 58.5 Å². The average molecular weight is 1890 g/mol. The summed E-state index contributed by atoms with van der Waals surface area (Å²) in [6.07, 6.45) is 11.0. The van der Waals surface area contributed by atoms with E-state index in [0.717, 1.165) is 165 Å². The number of aromatic amines is 5. The fraction of sp³-hybridized carbons (Fsp3) is 0.481. The third-order valence-corrected chi connectivity index (χ3v) is 23.1. The lowest BCUT2D eigenvalue weighted by Gasteiger charge is -2.29. The summed E-state index contributed by atoms with van der Waals surface area (Å²) >= 11 is 0. The lowest BCUT2D eigenvalue weighted by Crippen LogP contribution is -2.51. The van der Waals surface area contributed by atoms with Crippen LogP contribution in [-0.2, 0) is 42.8 Å². The first-order valence-corrected chi connectivity index (χ1v) is 45.5. The fourth-order valence-corrected chi connectivity index (χ4v) is 16.6. The lowest BCUT2D eigenvalue weighted by atomic mass is 10.0. The van der Waals surface area contributed by atoms with Gasteiger partial charge in [-0.2, -0.15) is 0 Å². The molecule has 34 heteroatoms. The minimum Gasteiger partial charge on any atom is -0.480 e. The molecule has 5 fully saturated rings. The molecule has 8 amide bonds. The minimum absolute atomic E-state index is 0.